The first kappa shape index (κ1) is 28.9. The first-order valence-corrected chi connectivity index (χ1v) is 17.1. The fraction of sp³-hybridized carbons (Fsp3) is 0.750. The number of hydrogen-bond donors (Lipinski definition) is 1. The fourth-order valence-electron chi connectivity index (χ4n) is 8.39. The third kappa shape index (κ3) is 7.57. The van der Waals surface area contributed by atoms with E-state index in [0.29, 0.717) is 17.8 Å². The molecule has 3 nitrogen and oxygen atoms in total. The molecule has 4 aliphatic rings. The summed E-state index contributed by atoms with van der Waals surface area (Å²) >= 11 is 0. The van der Waals surface area contributed by atoms with Crippen molar-refractivity contribution in [3.8, 4) is 11.3 Å². The van der Waals surface area contributed by atoms with Crippen LogP contribution in [-0.4, -0.2) is 20.8 Å². The highest BCUT2D eigenvalue weighted by Crippen LogP contribution is 2.51. The van der Waals surface area contributed by atoms with E-state index >= 15 is 0 Å². The van der Waals surface area contributed by atoms with Crippen molar-refractivity contribution in [1.29, 1.82) is 0 Å². The number of benzene rings is 1. The quantitative estimate of drug-likeness (QED) is 0.397. The van der Waals surface area contributed by atoms with Gasteiger partial charge in [0.05, 0.1) is 30.4 Å². The molecule has 3 heteroatoms. The van der Waals surface area contributed by atoms with Crippen LogP contribution in [0.1, 0.15) is 153 Å². The standard InChI is InChI=1S/C36H56N2O/c39-36-30-22-18-16-14-12-10-8-6-4-2-1-3-5-7-9-11-13-15-17-21-29(25-26-30)34(36)35-32-24-20-19-23-31(32)33-27-37-28-38(33)35/h19-20,23-24,27-30,34-36,39H,1-18,21-22,25-26H2. The van der Waals surface area contributed by atoms with Crippen LogP contribution >= 0.6 is 0 Å². The third-order valence-electron chi connectivity index (χ3n) is 10.6. The number of hydrogen-bond acceptors (Lipinski definition) is 2. The highest BCUT2D eigenvalue weighted by atomic mass is 16.3. The van der Waals surface area contributed by atoms with Crippen LogP contribution < -0.4 is 0 Å². The average molecular weight is 533 g/mol. The summed E-state index contributed by atoms with van der Waals surface area (Å²) in [7, 11) is 0. The predicted octanol–water partition coefficient (Wildman–Crippen LogP) is 10.3. The van der Waals surface area contributed by atoms with E-state index in [-0.39, 0.29) is 12.1 Å². The van der Waals surface area contributed by atoms with Crippen LogP contribution in [0.25, 0.3) is 11.3 Å². The van der Waals surface area contributed by atoms with Gasteiger partial charge in [0.1, 0.15) is 0 Å². The van der Waals surface area contributed by atoms with Gasteiger partial charge in [0.25, 0.3) is 0 Å². The van der Waals surface area contributed by atoms with Crippen LogP contribution in [0, 0.1) is 17.8 Å². The maximum atomic E-state index is 12.0. The molecule has 1 aromatic carbocycles. The molecule has 5 unspecified atom stereocenters. The maximum absolute atomic E-state index is 12.0. The molecule has 3 aliphatic carbocycles. The van der Waals surface area contributed by atoms with E-state index in [1.54, 1.807) is 0 Å². The van der Waals surface area contributed by atoms with Crippen LogP contribution in [0.4, 0.5) is 0 Å². The predicted molar refractivity (Wildman–Crippen MR) is 164 cm³/mol. The lowest BCUT2D eigenvalue weighted by molar-refractivity contribution is -0.0371. The maximum Gasteiger partial charge on any atom is 0.0956 e. The summed E-state index contributed by atoms with van der Waals surface area (Å²) < 4.78 is 2.41. The number of nitrogens with zero attached hydrogens (tertiary/aromatic N) is 2. The number of aromatic nitrogens is 2. The number of rotatable bonds is 1. The number of aliphatic hydroxyl groups is 1. The van der Waals surface area contributed by atoms with Gasteiger partial charge in [-0.2, -0.15) is 0 Å². The Morgan fingerprint density at radius 1 is 0.590 bits per heavy atom. The molecular formula is C36H56N2O. The minimum Gasteiger partial charge on any atom is -0.392 e. The molecule has 2 heterocycles. The molecule has 6 rings (SSSR count). The van der Waals surface area contributed by atoms with Gasteiger partial charge in [0.15, 0.2) is 0 Å². The zero-order chi connectivity index (χ0) is 26.7. The first-order valence-electron chi connectivity index (χ1n) is 17.1. The Morgan fingerprint density at radius 3 is 1.67 bits per heavy atom. The summed E-state index contributed by atoms with van der Waals surface area (Å²) in [6, 6.07) is 9.16. The molecule has 1 N–H and O–H groups in total. The lowest BCUT2D eigenvalue weighted by atomic mass is 9.65. The second-order valence-electron chi connectivity index (χ2n) is 13.3. The van der Waals surface area contributed by atoms with Gasteiger partial charge in [-0.05, 0) is 43.1 Å². The molecule has 3 saturated carbocycles. The van der Waals surface area contributed by atoms with E-state index in [9.17, 15) is 5.11 Å². The lowest BCUT2D eigenvalue weighted by Gasteiger charge is -2.44. The SMILES string of the molecule is OC1C2CCCCCCCCCCCCCCCCCCCCC(CC2)C1C1c2ccccc2-c2cncn21. The minimum absolute atomic E-state index is 0.208. The molecule has 39 heavy (non-hydrogen) atoms. The normalized spacial score (nSPS) is 30.7. The molecule has 3 fully saturated rings. The van der Waals surface area contributed by atoms with Gasteiger partial charge >= 0.3 is 0 Å². The summed E-state index contributed by atoms with van der Waals surface area (Å²) in [6.07, 6.45) is 34.2. The van der Waals surface area contributed by atoms with Crippen molar-refractivity contribution in [2.75, 3.05) is 0 Å². The molecule has 0 radical (unpaired) electrons. The zero-order valence-corrected chi connectivity index (χ0v) is 24.7. The van der Waals surface area contributed by atoms with Crippen molar-refractivity contribution in [3.63, 3.8) is 0 Å². The van der Waals surface area contributed by atoms with Gasteiger partial charge in [0.2, 0.25) is 0 Å². The Bertz CT molecular complexity index is 960. The van der Waals surface area contributed by atoms with Crippen molar-refractivity contribution < 1.29 is 5.11 Å². The van der Waals surface area contributed by atoms with Crippen LogP contribution in [0.3, 0.4) is 0 Å². The van der Waals surface area contributed by atoms with E-state index in [2.05, 4.69) is 33.8 Å². The third-order valence-corrected chi connectivity index (χ3v) is 10.6. The van der Waals surface area contributed by atoms with E-state index in [1.807, 2.05) is 12.5 Å². The molecule has 0 spiro atoms. The average Bonchev–Trinajstić information content (AvgIpc) is 3.54. The molecule has 0 amide bonds. The Kier molecular flexibility index (Phi) is 11.4. The Balaban J connectivity index is 1.25. The van der Waals surface area contributed by atoms with Crippen LogP contribution in [0.2, 0.25) is 0 Å². The summed E-state index contributed by atoms with van der Waals surface area (Å²) in [6.45, 7) is 0. The first-order chi connectivity index (χ1) is 19.3. The Morgan fingerprint density at radius 2 is 1.08 bits per heavy atom. The zero-order valence-electron chi connectivity index (χ0n) is 24.7. The molecule has 0 saturated heterocycles. The van der Waals surface area contributed by atoms with Gasteiger partial charge in [0, 0.05) is 11.5 Å². The topological polar surface area (TPSA) is 38.1 Å². The second-order valence-corrected chi connectivity index (χ2v) is 13.3. The van der Waals surface area contributed by atoms with Crippen LogP contribution in [0.5, 0.6) is 0 Å². The molecule has 1 aliphatic heterocycles. The molecule has 216 valence electrons. The van der Waals surface area contributed by atoms with Gasteiger partial charge in [-0.15, -0.1) is 0 Å². The molecule has 2 bridgehead atoms. The molecule has 5 atom stereocenters. The fourth-order valence-corrected chi connectivity index (χ4v) is 8.39. The van der Waals surface area contributed by atoms with Gasteiger partial charge < -0.3 is 9.67 Å². The second kappa shape index (κ2) is 15.4. The summed E-state index contributed by atoms with van der Waals surface area (Å²) in [5.41, 5.74) is 3.98. The lowest BCUT2D eigenvalue weighted by Crippen LogP contribution is -2.43. The summed E-state index contributed by atoms with van der Waals surface area (Å²) in [5, 5.41) is 12.0. The number of aliphatic hydroxyl groups excluding tert-OH is 1. The molecular weight excluding hydrogens is 476 g/mol. The van der Waals surface area contributed by atoms with E-state index < -0.39 is 0 Å². The smallest absolute Gasteiger partial charge is 0.0956 e. The van der Waals surface area contributed by atoms with Crippen molar-refractivity contribution in [2.24, 2.45) is 17.8 Å². The van der Waals surface area contributed by atoms with E-state index in [0.717, 1.165) is 0 Å². The van der Waals surface area contributed by atoms with Gasteiger partial charge in [-0.3, -0.25) is 0 Å². The summed E-state index contributed by atoms with van der Waals surface area (Å²) in [4.78, 5) is 4.56. The van der Waals surface area contributed by atoms with Crippen molar-refractivity contribution in [2.45, 2.75) is 153 Å². The molecule has 1 aromatic heterocycles. The molecule has 2 aromatic rings. The van der Waals surface area contributed by atoms with Gasteiger partial charge in [-0.25, -0.2) is 4.98 Å². The highest BCUT2D eigenvalue weighted by Gasteiger charge is 2.46. The van der Waals surface area contributed by atoms with E-state index in [4.69, 9.17) is 0 Å². The summed E-state index contributed by atoms with van der Waals surface area (Å²) in [5.74, 6) is 1.36. The van der Waals surface area contributed by atoms with E-state index in [1.165, 1.54) is 158 Å². The van der Waals surface area contributed by atoms with Crippen molar-refractivity contribution in [1.82, 2.24) is 9.55 Å². The minimum atomic E-state index is -0.208. The number of fused-ring (bicyclic) bond motifs is 24. The Labute approximate surface area is 239 Å². The monoisotopic (exact) mass is 532 g/mol. The van der Waals surface area contributed by atoms with Crippen molar-refractivity contribution >= 4 is 0 Å². The Hall–Kier alpha value is -1.61. The van der Waals surface area contributed by atoms with Crippen LogP contribution in [-0.2, 0) is 0 Å². The number of imidazole rings is 1. The largest absolute Gasteiger partial charge is 0.392 e. The van der Waals surface area contributed by atoms with Crippen LogP contribution in [0.15, 0.2) is 36.8 Å². The van der Waals surface area contributed by atoms with Crippen molar-refractivity contribution in [3.05, 3.63) is 42.4 Å². The highest BCUT2D eigenvalue weighted by molar-refractivity contribution is 5.69. The van der Waals surface area contributed by atoms with Gasteiger partial charge in [-0.1, -0.05) is 140 Å².